The van der Waals surface area contributed by atoms with Crippen LogP contribution in [-0.2, 0) is 4.79 Å². The second kappa shape index (κ2) is 11.1. The van der Waals surface area contributed by atoms with Crippen LogP contribution in [0, 0.1) is 0 Å². The number of methoxy groups -OCH3 is 1. The third kappa shape index (κ3) is 5.42. The number of amides is 1. The molecule has 4 aromatic rings. The Balaban J connectivity index is 1.68. The highest BCUT2D eigenvalue weighted by Crippen LogP contribution is 2.32. The molecule has 0 saturated heterocycles. The zero-order valence-corrected chi connectivity index (χ0v) is 23.0. The van der Waals surface area contributed by atoms with Crippen LogP contribution in [0.1, 0.15) is 37.9 Å². The van der Waals surface area contributed by atoms with Crippen LogP contribution in [-0.4, -0.2) is 23.7 Å². The van der Waals surface area contributed by atoms with Gasteiger partial charge in [0.25, 0.3) is 11.5 Å². The van der Waals surface area contributed by atoms with Gasteiger partial charge in [0.2, 0.25) is 0 Å². The zero-order chi connectivity index (χ0) is 27.5. The van der Waals surface area contributed by atoms with Gasteiger partial charge in [0.05, 0.1) is 35.1 Å². The van der Waals surface area contributed by atoms with E-state index in [0.717, 1.165) is 11.1 Å². The van der Waals surface area contributed by atoms with Gasteiger partial charge in [-0.1, -0.05) is 59.9 Å². The number of para-hydroxylation sites is 2. The number of rotatable bonds is 7. The Hall–Kier alpha value is -4.43. The number of hydrogen-bond donors (Lipinski definition) is 1. The van der Waals surface area contributed by atoms with E-state index in [1.807, 2.05) is 98.8 Å². The maximum atomic E-state index is 14.0. The van der Waals surface area contributed by atoms with Crippen LogP contribution in [0.25, 0.3) is 6.08 Å². The molecule has 0 unspecified atom stereocenters. The average Bonchev–Trinajstić information content (AvgIpc) is 3.23. The van der Waals surface area contributed by atoms with Gasteiger partial charge in [0.15, 0.2) is 4.80 Å². The van der Waals surface area contributed by atoms with Crippen molar-refractivity contribution in [2.75, 3.05) is 12.4 Å². The highest BCUT2D eigenvalue weighted by atomic mass is 32.1. The number of allylic oxidation sites excluding steroid dienone is 1. The largest absolute Gasteiger partial charge is 0.497 e. The first-order valence-corrected chi connectivity index (χ1v) is 13.5. The number of anilines is 1. The van der Waals surface area contributed by atoms with E-state index in [4.69, 9.17) is 14.5 Å². The van der Waals surface area contributed by atoms with E-state index in [9.17, 15) is 9.59 Å². The fourth-order valence-corrected chi connectivity index (χ4v) is 5.60. The molecule has 1 N–H and O–H groups in total. The molecule has 0 spiro atoms. The molecular formula is C31H29N3O4S. The number of carbonyl (C=O) groups is 1. The Morgan fingerprint density at radius 3 is 2.54 bits per heavy atom. The number of fused-ring (bicyclic) bond motifs is 1. The van der Waals surface area contributed by atoms with Crippen LogP contribution in [0.15, 0.2) is 99.9 Å². The third-order valence-electron chi connectivity index (χ3n) is 6.28. The summed E-state index contributed by atoms with van der Waals surface area (Å²) in [5, 5.41) is 2.97. The third-order valence-corrected chi connectivity index (χ3v) is 7.26. The van der Waals surface area contributed by atoms with Gasteiger partial charge >= 0.3 is 0 Å². The van der Waals surface area contributed by atoms with Crippen molar-refractivity contribution in [3.8, 4) is 11.5 Å². The lowest BCUT2D eigenvalue weighted by Crippen LogP contribution is -2.40. The second-order valence-electron chi connectivity index (χ2n) is 9.38. The normalized spacial score (nSPS) is 15.1. The van der Waals surface area contributed by atoms with Crippen LogP contribution in [0.4, 0.5) is 5.69 Å². The molecule has 1 aromatic heterocycles. The second-order valence-corrected chi connectivity index (χ2v) is 10.4. The molecule has 1 atom stereocenters. The number of carbonyl (C=O) groups excluding carboxylic acids is 1. The summed E-state index contributed by atoms with van der Waals surface area (Å²) in [6, 6.07) is 23.6. The minimum Gasteiger partial charge on any atom is -0.497 e. The van der Waals surface area contributed by atoms with Crippen LogP contribution in [0.5, 0.6) is 11.5 Å². The van der Waals surface area contributed by atoms with Gasteiger partial charge in [0.1, 0.15) is 11.5 Å². The molecule has 1 amide bonds. The summed E-state index contributed by atoms with van der Waals surface area (Å²) < 4.78 is 13.5. The molecule has 2 heterocycles. The van der Waals surface area contributed by atoms with Gasteiger partial charge in [-0.2, -0.15) is 0 Å². The standard InChI is InChI=1S/C31H29N3O4S/c1-19(2)38-25-16-9-8-11-21(25)18-26-30(36)34-28(22-12-10-15-24(17-22)37-4)27(20(3)32-31(34)39-26)29(35)33-23-13-6-5-7-14-23/h5-19,28H,1-4H3,(H,33,35)/b26-18-/t28-/m1/s1. The van der Waals surface area contributed by atoms with Crippen molar-refractivity contribution in [1.29, 1.82) is 0 Å². The lowest BCUT2D eigenvalue weighted by molar-refractivity contribution is -0.113. The van der Waals surface area contributed by atoms with E-state index in [1.54, 1.807) is 18.6 Å². The van der Waals surface area contributed by atoms with Crippen molar-refractivity contribution >= 4 is 29.0 Å². The monoisotopic (exact) mass is 539 g/mol. The topological polar surface area (TPSA) is 81.9 Å². The molecule has 0 aliphatic carbocycles. The van der Waals surface area contributed by atoms with Gasteiger partial charge in [-0.05, 0) is 62.7 Å². The molecule has 8 heteroatoms. The Morgan fingerprint density at radius 2 is 1.79 bits per heavy atom. The number of nitrogens with zero attached hydrogens (tertiary/aromatic N) is 2. The Labute approximate surface area is 230 Å². The van der Waals surface area contributed by atoms with Crippen molar-refractivity contribution in [2.24, 2.45) is 4.99 Å². The van der Waals surface area contributed by atoms with Crippen LogP contribution < -0.4 is 29.7 Å². The molecule has 5 rings (SSSR count). The SMILES string of the molecule is COc1cccc([C@@H]2C(C(=O)Nc3ccccc3)=C(C)N=c3s/c(=C\c4ccccc4OC(C)C)c(=O)n32)c1. The van der Waals surface area contributed by atoms with E-state index in [0.29, 0.717) is 37.8 Å². The minimum absolute atomic E-state index is 0.0119. The first kappa shape index (κ1) is 26.2. The van der Waals surface area contributed by atoms with Gasteiger partial charge in [-0.25, -0.2) is 4.99 Å². The molecule has 0 radical (unpaired) electrons. The van der Waals surface area contributed by atoms with Gasteiger partial charge in [-0.3, -0.25) is 14.2 Å². The first-order chi connectivity index (χ1) is 18.9. The number of aromatic nitrogens is 1. The van der Waals surface area contributed by atoms with Crippen molar-refractivity contribution in [3.63, 3.8) is 0 Å². The number of hydrogen-bond acceptors (Lipinski definition) is 6. The Bertz CT molecular complexity index is 1740. The van der Waals surface area contributed by atoms with Gasteiger partial charge < -0.3 is 14.8 Å². The fourth-order valence-electron chi connectivity index (χ4n) is 4.56. The van der Waals surface area contributed by atoms with Crippen molar-refractivity contribution < 1.29 is 14.3 Å². The van der Waals surface area contributed by atoms with E-state index in [2.05, 4.69) is 5.32 Å². The molecule has 1 aliphatic rings. The summed E-state index contributed by atoms with van der Waals surface area (Å²) in [5.74, 6) is 1.01. The molecule has 7 nitrogen and oxygen atoms in total. The fraction of sp³-hybridized carbons (Fsp3) is 0.194. The number of thiazole rings is 1. The van der Waals surface area contributed by atoms with Crippen molar-refractivity contribution in [3.05, 3.63) is 121 Å². The first-order valence-electron chi connectivity index (χ1n) is 12.6. The van der Waals surface area contributed by atoms with E-state index >= 15 is 0 Å². The summed E-state index contributed by atoms with van der Waals surface area (Å²) >= 11 is 1.29. The highest BCUT2D eigenvalue weighted by Gasteiger charge is 2.32. The molecular weight excluding hydrogens is 510 g/mol. The maximum Gasteiger partial charge on any atom is 0.271 e. The lowest BCUT2D eigenvalue weighted by Gasteiger charge is -2.25. The molecule has 39 heavy (non-hydrogen) atoms. The maximum absolute atomic E-state index is 14.0. The molecule has 1 aliphatic heterocycles. The minimum atomic E-state index is -0.690. The lowest BCUT2D eigenvalue weighted by atomic mass is 9.95. The summed E-state index contributed by atoms with van der Waals surface area (Å²) in [7, 11) is 1.59. The summed E-state index contributed by atoms with van der Waals surface area (Å²) in [4.78, 5) is 32.9. The number of ether oxygens (including phenoxy) is 2. The molecule has 0 bridgehead atoms. The molecule has 0 fully saturated rings. The zero-order valence-electron chi connectivity index (χ0n) is 22.2. The Morgan fingerprint density at radius 1 is 1.05 bits per heavy atom. The number of nitrogens with one attached hydrogen (secondary N) is 1. The highest BCUT2D eigenvalue weighted by molar-refractivity contribution is 7.07. The van der Waals surface area contributed by atoms with Crippen LogP contribution in [0.3, 0.4) is 0 Å². The number of benzene rings is 3. The summed E-state index contributed by atoms with van der Waals surface area (Å²) in [6.07, 6.45) is 1.81. The predicted molar refractivity (Wildman–Crippen MR) is 154 cm³/mol. The predicted octanol–water partition coefficient (Wildman–Crippen LogP) is 4.67. The quantitative estimate of drug-likeness (QED) is 0.370. The van der Waals surface area contributed by atoms with Gasteiger partial charge in [-0.15, -0.1) is 0 Å². The van der Waals surface area contributed by atoms with E-state index in [-0.39, 0.29) is 17.6 Å². The summed E-state index contributed by atoms with van der Waals surface area (Å²) in [6.45, 7) is 5.73. The van der Waals surface area contributed by atoms with Crippen molar-refractivity contribution in [2.45, 2.75) is 32.9 Å². The van der Waals surface area contributed by atoms with Crippen LogP contribution in [0.2, 0.25) is 0 Å². The summed E-state index contributed by atoms with van der Waals surface area (Å²) in [5.41, 5.74) is 2.92. The van der Waals surface area contributed by atoms with Gasteiger partial charge in [0, 0.05) is 11.3 Å². The van der Waals surface area contributed by atoms with E-state index < -0.39 is 6.04 Å². The van der Waals surface area contributed by atoms with E-state index in [1.165, 1.54) is 11.3 Å². The molecule has 0 saturated carbocycles. The molecule has 198 valence electrons. The average molecular weight is 540 g/mol. The molecule has 3 aromatic carbocycles. The van der Waals surface area contributed by atoms with Crippen LogP contribution >= 0.6 is 11.3 Å². The van der Waals surface area contributed by atoms with Crippen molar-refractivity contribution in [1.82, 2.24) is 4.57 Å². The smallest absolute Gasteiger partial charge is 0.271 e. The Kier molecular flexibility index (Phi) is 7.47.